The summed E-state index contributed by atoms with van der Waals surface area (Å²) >= 11 is 0. The number of hydrogen-bond donors (Lipinski definition) is 2. The molecule has 0 aliphatic heterocycles. The Morgan fingerprint density at radius 1 is 0.786 bits per heavy atom. The van der Waals surface area contributed by atoms with Gasteiger partial charge in [0, 0.05) is 11.6 Å². The summed E-state index contributed by atoms with van der Waals surface area (Å²) in [6.45, 7) is -0.0905. The Morgan fingerprint density at radius 3 is 2.46 bits per heavy atom. The maximum atomic E-state index is 12.3. The molecule has 2 N–H and O–H groups in total. The molecule has 0 bridgehead atoms. The van der Waals surface area contributed by atoms with Crippen LogP contribution in [0.4, 0.5) is 5.69 Å². The van der Waals surface area contributed by atoms with Gasteiger partial charge < -0.3 is 10.6 Å². The molecule has 0 fully saturated rings. The number of hydrogen-bond acceptors (Lipinski definition) is 3. The van der Waals surface area contributed by atoms with Crippen LogP contribution in [-0.4, -0.2) is 23.3 Å². The topological polar surface area (TPSA) is 71.1 Å². The Labute approximate surface area is 162 Å². The lowest BCUT2D eigenvalue weighted by atomic mass is 10.0. The molecule has 0 unspecified atom stereocenters. The van der Waals surface area contributed by atoms with Crippen molar-refractivity contribution in [2.45, 2.75) is 6.42 Å². The lowest BCUT2D eigenvalue weighted by Gasteiger charge is -2.10. The van der Waals surface area contributed by atoms with Crippen LogP contribution in [0.3, 0.4) is 0 Å². The van der Waals surface area contributed by atoms with E-state index >= 15 is 0 Å². The van der Waals surface area contributed by atoms with Crippen molar-refractivity contribution in [1.29, 1.82) is 0 Å². The summed E-state index contributed by atoms with van der Waals surface area (Å²) in [6.07, 6.45) is 1.91. The van der Waals surface area contributed by atoms with Crippen molar-refractivity contribution in [3.63, 3.8) is 0 Å². The fourth-order valence-corrected chi connectivity index (χ4v) is 3.26. The van der Waals surface area contributed by atoms with E-state index in [9.17, 15) is 9.59 Å². The average Bonchev–Trinajstić information content (AvgIpc) is 2.73. The minimum absolute atomic E-state index is 0.0905. The Kier molecular flexibility index (Phi) is 4.97. The lowest BCUT2D eigenvalue weighted by Crippen LogP contribution is -2.33. The van der Waals surface area contributed by atoms with Crippen molar-refractivity contribution < 1.29 is 9.59 Å². The van der Waals surface area contributed by atoms with Crippen molar-refractivity contribution in [3.8, 4) is 0 Å². The summed E-state index contributed by atoms with van der Waals surface area (Å²) in [5.74, 6) is -0.480. The molecule has 0 saturated carbocycles. The van der Waals surface area contributed by atoms with Gasteiger partial charge in [0.1, 0.15) is 0 Å². The van der Waals surface area contributed by atoms with Crippen molar-refractivity contribution in [3.05, 3.63) is 84.6 Å². The Morgan fingerprint density at radius 2 is 1.54 bits per heavy atom. The number of fused-ring (bicyclic) bond motifs is 2. The molecule has 5 heteroatoms. The molecule has 1 heterocycles. The van der Waals surface area contributed by atoms with Crippen molar-refractivity contribution >= 4 is 39.2 Å². The van der Waals surface area contributed by atoms with E-state index in [1.54, 1.807) is 12.3 Å². The van der Waals surface area contributed by atoms with Crippen LogP contribution in [0.25, 0.3) is 21.7 Å². The number of nitrogens with one attached hydrogen (secondary N) is 2. The zero-order valence-electron chi connectivity index (χ0n) is 15.2. The fourth-order valence-electron chi connectivity index (χ4n) is 3.26. The third kappa shape index (κ3) is 3.83. The molecule has 0 aliphatic carbocycles. The highest BCUT2D eigenvalue weighted by molar-refractivity contribution is 6.02. The van der Waals surface area contributed by atoms with E-state index in [-0.39, 0.29) is 24.8 Å². The number of aromatic nitrogens is 1. The minimum atomic E-state index is -0.288. The number of pyridine rings is 1. The van der Waals surface area contributed by atoms with Gasteiger partial charge in [-0.15, -0.1) is 0 Å². The van der Waals surface area contributed by atoms with Gasteiger partial charge in [0.05, 0.1) is 24.2 Å². The van der Waals surface area contributed by atoms with Crippen LogP contribution < -0.4 is 10.6 Å². The van der Waals surface area contributed by atoms with E-state index in [2.05, 4.69) is 15.6 Å². The lowest BCUT2D eigenvalue weighted by molar-refractivity contribution is -0.123. The van der Waals surface area contributed by atoms with Crippen LogP contribution >= 0.6 is 0 Å². The van der Waals surface area contributed by atoms with Gasteiger partial charge in [0.25, 0.3) is 0 Å². The molecular weight excluding hydrogens is 350 g/mol. The molecule has 5 nitrogen and oxygen atoms in total. The van der Waals surface area contributed by atoms with E-state index in [1.165, 1.54) is 0 Å². The van der Waals surface area contributed by atoms with Crippen LogP contribution in [-0.2, 0) is 16.0 Å². The highest BCUT2D eigenvalue weighted by atomic mass is 16.2. The molecule has 3 aromatic carbocycles. The Balaban J connectivity index is 1.38. The van der Waals surface area contributed by atoms with E-state index < -0.39 is 0 Å². The monoisotopic (exact) mass is 369 g/mol. The second kappa shape index (κ2) is 7.88. The van der Waals surface area contributed by atoms with Gasteiger partial charge in [-0.3, -0.25) is 14.6 Å². The Hall–Kier alpha value is -3.73. The number of para-hydroxylation sites is 1. The fraction of sp³-hybridized carbons (Fsp3) is 0.0870. The van der Waals surface area contributed by atoms with E-state index in [4.69, 9.17) is 0 Å². The van der Waals surface area contributed by atoms with Crippen molar-refractivity contribution in [2.75, 3.05) is 11.9 Å². The smallest absolute Gasteiger partial charge is 0.243 e. The molecular formula is C23H19N3O2. The molecule has 0 spiro atoms. The number of benzene rings is 3. The van der Waals surface area contributed by atoms with E-state index in [0.717, 1.165) is 27.2 Å². The number of nitrogens with zero attached hydrogens (tertiary/aromatic N) is 1. The van der Waals surface area contributed by atoms with E-state index in [1.807, 2.05) is 66.7 Å². The summed E-state index contributed by atoms with van der Waals surface area (Å²) in [6, 6.07) is 23.2. The van der Waals surface area contributed by atoms with Crippen LogP contribution in [0.5, 0.6) is 0 Å². The number of carbonyl (C=O) groups is 2. The van der Waals surface area contributed by atoms with E-state index in [0.29, 0.717) is 5.69 Å². The van der Waals surface area contributed by atoms with Gasteiger partial charge in [0.2, 0.25) is 11.8 Å². The van der Waals surface area contributed by atoms with Gasteiger partial charge >= 0.3 is 0 Å². The molecule has 0 atom stereocenters. The first kappa shape index (κ1) is 17.7. The Bertz CT molecular complexity index is 1070. The second-order valence-electron chi connectivity index (χ2n) is 6.52. The van der Waals surface area contributed by atoms with Gasteiger partial charge in [-0.25, -0.2) is 0 Å². The molecule has 28 heavy (non-hydrogen) atoms. The summed E-state index contributed by atoms with van der Waals surface area (Å²) in [4.78, 5) is 28.9. The largest absolute Gasteiger partial charge is 0.347 e. The van der Waals surface area contributed by atoms with Gasteiger partial charge in [0.15, 0.2) is 0 Å². The number of amides is 2. The summed E-state index contributed by atoms with van der Waals surface area (Å²) in [5.41, 5.74) is 2.29. The second-order valence-corrected chi connectivity index (χ2v) is 6.52. The first-order chi connectivity index (χ1) is 13.7. The van der Waals surface area contributed by atoms with Crippen LogP contribution in [0.2, 0.25) is 0 Å². The van der Waals surface area contributed by atoms with Crippen LogP contribution in [0.1, 0.15) is 5.56 Å². The highest BCUT2D eigenvalue weighted by Gasteiger charge is 2.10. The van der Waals surface area contributed by atoms with Gasteiger partial charge in [-0.1, -0.05) is 60.7 Å². The summed E-state index contributed by atoms with van der Waals surface area (Å²) in [7, 11) is 0. The van der Waals surface area contributed by atoms with Gasteiger partial charge in [-0.2, -0.15) is 0 Å². The standard InChI is InChI=1S/C23H19N3O2/c27-21(14-18-9-3-7-16-6-1-2-11-19(16)18)25-15-22(28)26-20-12-4-8-17-10-5-13-24-23(17)20/h1-13H,14-15H2,(H,25,27)(H,26,28). The van der Waals surface area contributed by atoms with Crippen LogP contribution in [0, 0.1) is 0 Å². The molecule has 4 aromatic rings. The zero-order valence-corrected chi connectivity index (χ0v) is 15.2. The average molecular weight is 369 g/mol. The maximum absolute atomic E-state index is 12.3. The molecule has 0 saturated heterocycles. The zero-order chi connectivity index (χ0) is 19.3. The number of carbonyl (C=O) groups excluding carboxylic acids is 2. The molecule has 138 valence electrons. The van der Waals surface area contributed by atoms with Gasteiger partial charge in [-0.05, 0) is 28.5 Å². The quantitative estimate of drug-likeness (QED) is 0.564. The third-order valence-electron chi connectivity index (χ3n) is 4.58. The molecule has 1 aromatic heterocycles. The van der Waals surface area contributed by atoms with Crippen LogP contribution in [0.15, 0.2) is 79.0 Å². The summed E-state index contributed by atoms with van der Waals surface area (Å²) in [5, 5.41) is 8.59. The maximum Gasteiger partial charge on any atom is 0.243 e. The number of anilines is 1. The normalized spacial score (nSPS) is 10.7. The predicted octanol–water partition coefficient (Wildman–Crippen LogP) is 3.69. The first-order valence-corrected chi connectivity index (χ1v) is 9.07. The van der Waals surface area contributed by atoms with Crippen molar-refractivity contribution in [2.24, 2.45) is 0 Å². The molecule has 4 rings (SSSR count). The molecule has 2 amide bonds. The molecule has 0 aliphatic rings. The van der Waals surface area contributed by atoms with Crippen molar-refractivity contribution in [1.82, 2.24) is 10.3 Å². The molecule has 0 radical (unpaired) electrons. The summed E-state index contributed by atoms with van der Waals surface area (Å²) < 4.78 is 0. The predicted molar refractivity (Wildman–Crippen MR) is 111 cm³/mol. The first-order valence-electron chi connectivity index (χ1n) is 9.07. The number of rotatable bonds is 5. The highest BCUT2D eigenvalue weighted by Crippen LogP contribution is 2.20. The minimum Gasteiger partial charge on any atom is -0.347 e. The third-order valence-corrected chi connectivity index (χ3v) is 4.58. The SMILES string of the molecule is O=C(Cc1cccc2ccccc12)NCC(=O)Nc1cccc2cccnc12.